The first-order chi connectivity index (χ1) is 19.9. The zero-order valence-electron chi connectivity index (χ0n) is 23.7. The van der Waals surface area contributed by atoms with Gasteiger partial charge >= 0.3 is 5.56 Å². The molecule has 3 aromatic rings. The lowest BCUT2D eigenvalue weighted by molar-refractivity contribution is -0.384. The highest BCUT2D eigenvalue weighted by Gasteiger charge is 2.30. The van der Waals surface area contributed by atoms with E-state index in [2.05, 4.69) is 5.10 Å². The van der Waals surface area contributed by atoms with Crippen LogP contribution in [-0.4, -0.2) is 73.4 Å². The van der Waals surface area contributed by atoms with Gasteiger partial charge in [-0.1, -0.05) is 43.6 Å². The third kappa shape index (κ3) is 7.65. The second-order valence-corrected chi connectivity index (χ2v) is 13.1. The summed E-state index contributed by atoms with van der Waals surface area (Å²) in [7, 11) is -3.68. The Morgan fingerprint density at radius 3 is 2.38 bits per heavy atom. The first-order valence-corrected chi connectivity index (χ1v) is 15.4. The van der Waals surface area contributed by atoms with Crippen molar-refractivity contribution in [3.63, 3.8) is 0 Å². The molecule has 1 fully saturated rings. The van der Waals surface area contributed by atoms with Crippen molar-refractivity contribution < 1.29 is 22.8 Å². The van der Waals surface area contributed by atoms with Gasteiger partial charge in [0.15, 0.2) is 0 Å². The molecule has 226 valence electrons. The first kappa shape index (κ1) is 31.4. The largest absolute Gasteiger partial charge is 0.486 e. The Labute approximate surface area is 249 Å². The van der Waals surface area contributed by atoms with E-state index in [9.17, 15) is 23.3 Å². The Bertz CT molecular complexity index is 1570. The van der Waals surface area contributed by atoms with Crippen molar-refractivity contribution in [2.75, 3.05) is 50.9 Å². The van der Waals surface area contributed by atoms with Gasteiger partial charge < -0.3 is 14.4 Å². The quantitative estimate of drug-likeness (QED) is 0.218. The van der Waals surface area contributed by atoms with Crippen LogP contribution < -0.4 is 15.2 Å². The summed E-state index contributed by atoms with van der Waals surface area (Å²) in [5.41, 5.74) is 0.471. The molecule has 0 spiro atoms. The van der Waals surface area contributed by atoms with Gasteiger partial charge in [-0.05, 0) is 30.7 Å². The number of non-ortho nitro benzene ring substituents is 1. The van der Waals surface area contributed by atoms with E-state index in [1.807, 2.05) is 25.7 Å². The van der Waals surface area contributed by atoms with E-state index in [0.29, 0.717) is 48.3 Å². The summed E-state index contributed by atoms with van der Waals surface area (Å²) in [6.07, 6.45) is 1.55. The molecule has 42 heavy (non-hydrogen) atoms. The first-order valence-electron chi connectivity index (χ1n) is 13.4. The molecule has 0 atom stereocenters. The summed E-state index contributed by atoms with van der Waals surface area (Å²) in [6, 6.07) is 12.3. The van der Waals surface area contributed by atoms with Crippen LogP contribution in [0.3, 0.4) is 0 Å². The molecule has 1 aliphatic heterocycles. The average Bonchev–Trinajstić information content (AvgIpc) is 2.95. The molecule has 0 aliphatic carbocycles. The molecule has 0 N–H and O–H groups in total. The van der Waals surface area contributed by atoms with Crippen LogP contribution in [0.15, 0.2) is 59.5 Å². The summed E-state index contributed by atoms with van der Waals surface area (Å²) in [4.78, 5) is 26.0. The van der Waals surface area contributed by atoms with E-state index in [1.54, 1.807) is 30.5 Å². The van der Waals surface area contributed by atoms with Gasteiger partial charge in [-0.2, -0.15) is 14.1 Å². The molecule has 0 amide bonds. The lowest BCUT2D eigenvalue weighted by atomic mass is 9.96. The number of benzene rings is 2. The number of anilines is 1. The number of nitrogens with zero attached hydrogens (tertiary/aromatic N) is 5. The highest BCUT2D eigenvalue weighted by molar-refractivity contribution is 7.88. The molecule has 0 radical (unpaired) electrons. The van der Waals surface area contributed by atoms with Crippen LogP contribution in [0.1, 0.15) is 26.3 Å². The van der Waals surface area contributed by atoms with Crippen LogP contribution in [0.2, 0.25) is 5.02 Å². The SMILES string of the molecule is CCOCC(C)(C)COc1c(N2CCN(S(=O)(=O)Cc3ccc([N+](=O)[O-])cc3)CC2)cnn(-c2cccc(Cl)c2)c1=O. The van der Waals surface area contributed by atoms with Crippen LogP contribution in [0.4, 0.5) is 11.4 Å². The van der Waals surface area contributed by atoms with Gasteiger partial charge in [0.25, 0.3) is 5.69 Å². The van der Waals surface area contributed by atoms with Crippen LogP contribution in [0.5, 0.6) is 5.75 Å². The van der Waals surface area contributed by atoms with E-state index in [4.69, 9.17) is 21.1 Å². The topological polar surface area (TPSA) is 137 Å². The van der Waals surface area contributed by atoms with E-state index in [0.717, 1.165) is 0 Å². The van der Waals surface area contributed by atoms with Gasteiger partial charge in [0.1, 0.15) is 5.69 Å². The van der Waals surface area contributed by atoms with Gasteiger partial charge in [0.05, 0.1) is 35.8 Å². The van der Waals surface area contributed by atoms with Crippen molar-refractivity contribution in [2.45, 2.75) is 26.5 Å². The van der Waals surface area contributed by atoms with E-state index >= 15 is 0 Å². The Morgan fingerprint density at radius 2 is 1.76 bits per heavy atom. The molecule has 1 aromatic heterocycles. The average molecular weight is 620 g/mol. The summed E-state index contributed by atoms with van der Waals surface area (Å²) in [6.45, 7) is 8.05. The summed E-state index contributed by atoms with van der Waals surface area (Å²) in [5, 5.41) is 15.7. The van der Waals surface area contributed by atoms with Crippen molar-refractivity contribution in [3.05, 3.63) is 85.8 Å². The van der Waals surface area contributed by atoms with Crippen molar-refractivity contribution in [2.24, 2.45) is 5.41 Å². The summed E-state index contributed by atoms with van der Waals surface area (Å²) in [5.74, 6) is -0.164. The maximum absolute atomic E-state index is 13.7. The van der Waals surface area contributed by atoms with Crippen LogP contribution in [-0.2, 0) is 20.5 Å². The van der Waals surface area contributed by atoms with Crippen molar-refractivity contribution in [1.82, 2.24) is 14.1 Å². The van der Waals surface area contributed by atoms with Gasteiger partial charge in [0.2, 0.25) is 15.8 Å². The number of piperazine rings is 1. The number of aromatic nitrogens is 2. The zero-order valence-corrected chi connectivity index (χ0v) is 25.3. The van der Waals surface area contributed by atoms with Gasteiger partial charge in [-0.25, -0.2) is 8.42 Å². The Hall–Kier alpha value is -3.52. The van der Waals surface area contributed by atoms with E-state index in [-0.39, 0.29) is 42.3 Å². The molecular weight excluding hydrogens is 586 g/mol. The van der Waals surface area contributed by atoms with Crippen LogP contribution in [0.25, 0.3) is 5.69 Å². The minimum Gasteiger partial charge on any atom is -0.486 e. The number of rotatable bonds is 12. The zero-order chi connectivity index (χ0) is 30.5. The number of sulfonamides is 1. The predicted octanol–water partition coefficient (Wildman–Crippen LogP) is 3.89. The maximum atomic E-state index is 13.7. The molecular formula is C28H34ClN5O7S. The highest BCUT2D eigenvalue weighted by Crippen LogP contribution is 2.29. The molecule has 0 bridgehead atoms. The number of nitro groups is 1. The molecule has 2 aromatic carbocycles. The number of hydrogen-bond donors (Lipinski definition) is 0. The monoisotopic (exact) mass is 619 g/mol. The fourth-order valence-corrected chi connectivity index (χ4v) is 6.19. The van der Waals surface area contributed by atoms with Crippen molar-refractivity contribution >= 4 is 33.0 Å². The summed E-state index contributed by atoms with van der Waals surface area (Å²) < 4.78 is 40.6. The fraction of sp³-hybridized carbons (Fsp3) is 0.429. The molecule has 1 saturated heterocycles. The number of hydrogen-bond acceptors (Lipinski definition) is 9. The second-order valence-electron chi connectivity index (χ2n) is 10.7. The summed E-state index contributed by atoms with van der Waals surface area (Å²) >= 11 is 6.15. The molecule has 12 nitrogen and oxygen atoms in total. The normalized spacial score (nSPS) is 14.6. The Balaban J connectivity index is 1.55. The predicted molar refractivity (Wildman–Crippen MR) is 160 cm³/mol. The molecule has 2 heterocycles. The minimum atomic E-state index is -3.68. The number of nitro benzene ring substituents is 1. The highest BCUT2D eigenvalue weighted by atomic mass is 35.5. The Morgan fingerprint density at radius 1 is 1.07 bits per heavy atom. The standard InChI is InChI=1S/C28H34ClN5O7S/c1-4-40-19-28(2,3)20-41-26-25(17-30-33(27(26)35)24-7-5-6-22(29)16-24)31-12-14-32(15-13-31)42(38,39)18-21-8-10-23(11-9-21)34(36)37/h5-11,16-17H,4,12-15,18-20H2,1-3H3. The molecule has 0 unspecified atom stereocenters. The molecule has 0 saturated carbocycles. The maximum Gasteiger partial charge on any atom is 0.316 e. The van der Waals surface area contributed by atoms with Crippen LogP contribution >= 0.6 is 11.6 Å². The van der Waals surface area contributed by atoms with Crippen LogP contribution in [0, 0.1) is 15.5 Å². The van der Waals surface area contributed by atoms with Crippen molar-refractivity contribution in [1.29, 1.82) is 0 Å². The van der Waals surface area contributed by atoms with Gasteiger partial charge in [-0.3, -0.25) is 14.9 Å². The van der Waals surface area contributed by atoms with Gasteiger partial charge in [-0.15, -0.1) is 0 Å². The molecule has 1 aliphatic rings. The van der Waals surface area contributed by atoms with E-state index < -0.39 is 20.5 Å². The Kier molecular flexibility index (Phi) is 9.87. The molecule has 14 heteroatoms. The lowest BCUT2D eigenvalue weighted by Gasteiger charge is -2.36. The number of halogens is 1. The second kappa shape index (κ2) is 13.2. The third-order valence-electron chi connectivity index (χ3n) is 6.74. The third-order valence-corrected chi connectivity index (χ3v) is 8.83. The van der Waals surface area contributed by atoms with E-state index in [1.165, 1.54) is 33.3 Å². The number of ether oxygens (including phenoxy) is 2. The smallest absolute Gasteiger partial charge is 0.316 e. The minimum absolute atomic E-state index is 0.102. The van der Waals surface area contributed by atoms with Crippen molar-refractivity contribution in [3.8, 4) is 11.4 Å². The lowest BCUT2D eigenvalue weighted by Crippen LogP contribution is -2.49. The van der Waals surface area contributed by atoms with Gasteiger partial charge in [0, 0.05) is 55.4 Å². The fourth-order valence-electron chi connectivity index (χ4n) is 4.49. The molecule has 4 rings (SSSR count).